The van der Waals surface area contributed by atoms with Crippen molar-refractivity contribution >= 4 is 0 Å². The van der Waals surface area contributed by atoms with Crippen LogP contribution in [0.15, 0.2) is 24.5 Å². The van der Waals surface area contributed by atoms with Crippen LogP contribution in [-0.2, 0) is 6.42 Å². The van der Waals surface area contributed by atoms with Crippen molar-refractivity contribution in [2.45, 2.75) is 51.0 Å². The molecule has 1 atom stereocenters. The van der Waals surface area contributed by atoms with Gasteiger partial charge in [-0.3, -0.25) is 4.98 Å². The minimum atomic E-state index is 0.321. The molecule has 2 N–H and O–H groups in total. The minimum absolute atomic E-state index is 0.321. The van der Waals surface area contributed by atoms with Crippen molar-refractivity contribution in [2.75, 3.05) is 0 Å². The molecule has 0 saturated heterocycles. The summed E-state index contributed by atoms with van der Waals surface area (Å²) in [5, 5.41) is 0. The van der Waals surface area contributed by atoms with Crippen LogP contribution in [0, 0.1) is 29.6 Å². The monoisotopic (exact) mass is 270 g/mol. The van der Waals surface area contributed by atoms with Gasteiger partial charge in [-0.05, 0) is 86.2 Å². The molecule has 0 aromatic carbocycles. The maximum atomic E-state index is 6.46. The molecule has 1 unspecified atom stereocenters. The van der Waals surface area contributed by atoms with Crippen LogP contribution in [0.4, 0.5) is 0 Å². The molecule has 2 heteroatoms. The van der Waals surface area contributed by atoms with E-state index in [1.54, 1.807) is 6.42 Å². The number of rotatable bonds is 4. The fourth-order valence-corrected chi connectivity index (χ4v) is 5.68. The second-order valence-electron chi connectivity index (χ2n) is 7.66. The fraction of sp³-hybridized carbons (Fsp3) is 0.722. The molecular formula is C18H26N2. The van der Waals surface area contributed by atoms with E-state index in [1.807, 2.05) is 18.5 Å². The van der Waals surface area contributed by atoms with E-state index in [4.69, 9.17) is 5.73 Å². The van der Waals surface area contributed by atoms with Gasteiger partial charge < -0.3 is 5.73 Å². The van der Waals surface area contributed by atoms with Gasteiger partial charge >= 0.3 is 0 Å². The summed E-state index contributed by atoms with van der Waals surface area (Å²) in [6.07, 6.45) is 13.6. The van der Waals surface area contributed by atoms with E-state index >= 15 is 0 Å². The third kappa shape index (κ3) is 2.39. The van der Waals surface area contributed by atoms with E-state index in [9.17, 15) is 0 Å². The summed E-state index contributed by atoms with van der Waals surface area (Å²) < 4.78 is 0. The summed E-state index contributed by atoms with van der Waals surface area (Å²) in [5.74, 6) is 5.08. The van der Waals surface area contributed by atoms with Gasteiger partial charge in [-0.2, -0.15) is 0 Å². The third-order valence-electron chi connectivity index (χ3n) is 6.22. The van der Waals surface area contributed by atoms with E-state index in [0.717, 1.165) is 36.0 Å². The highest BCUT2D eigenvalue weighted by molar-refractivity contribution is 5.10. The minimum Gasteiger partial charge on any atom is -0.327 e. The standard InChI is InChI=1S/C18H26N2/c19-17(9-12-2-1-3-20-11-12)10-18-15-5-13-4-14(7-15)8-16(18)6-13/h1-3,11,13-18H,4-10,19H2. The highest BCUT2D eigenvalue weighted by Gasteiger charge is 2.48. The molecule has 4 saturated carbocycles. The summed E-state index contributed by atoms with van der Waals surface area (Å²) in [6, 6.07) is 4.50. The van der Waals surface area contributed by atoms with Crippen molar-refractivity contribution in [3.8, 4) is 0 Å². The average molecular weight is 270 g/mol. The van der Waals surface area contributed by atoms with Crippen molar-refractivity contribution in [3.63, 3.8) is 0 Å². The molecular weight excluding hydrogens is 244 g/mol. The normalized spacial score (nSPS) is 40.0. The van der Waals surface area contributed by atoms with Gasteiger partial charge in [0, 0.05) is 18.4 Å². The van der Waals surface area contributed by atoms with Crippen LogP contribution in [0.1, 0.15) is 44.1 Å². The summed E-state index contributed by atoms with van der Waals surface area (Å²) in [4.78, 5) is 4.20. The Labute approximate surface area is 122 Å². The molecule has 4 bridgehead atoms. The molecule has 108 valence electrons. The average Bonchev–Trinajstić information content (AvgIpc) is 2.43. The molecule has 0 aliphatic heterocycles. The van der Waals surface area contributed by atoms with Crippen LogP contribution in [0.25, 0.3) is 0 Å². The van der Waals surface area contributed by atoms with Gasteiger partial charge in [0.2, 0.25) is 0 Å². The number of aromatic nitrogens is 1. The lowest BCUT2D eigenvalue weighted by molar-refractivity contribution is -0.0419. The highest BCUT2D eigenvalue weighted by atomic mass is 14.7. The first kappa shape index (κ1) is 12.8. The molecule has 1 aromatic rings. The van der Waals surface area contributed by atoms with Crippen LogP contribution >= 0.6 is 0 Å². The number of hydrogen-bond acceptors (Lipinski definition) is 2. The van der Waals surface area contributed by atoms with Crippen LogP contribution in [0.5, 0.6) is 0 Å². The van der Waals surface area contributed by atoms with Gasteiger partial charge in [-0.1, -0.05) is 6.07 Å². The second-order valence-corrected chi connectivity index (χ2v) is 7.66. The lowest BCUT2D eigenvalue weighted by atomic mass is 9.51. The predicted octanol–water partition coefficient (Wildman–Crippen LogP) is 3.41. The van der Waals surface area contributed by atoms with E-state index in [2.05, 4.69) is 11.1 Å². The van der Waals surface area contributed by atoms with Crippen LogP contribution in [0.2, 0.25) is 0 Å². The maximum Gasteiger partial charge on any atom is 0.0300 e. The summed E-state index contributed by atoms with van der Waals surface area (Å²) >= 11 is 0. The molecule has 4 fully saturated rings. The first-order valence-corrected chi connectivity index (χ1v) is 8.42. The van der Waals surface area contributed by atoms with Gasteiger partial charge in [0.15, 0.2) is 0 Å². The number of nitrogens with two attached hydrogens (primary N) is 1. The zero-order chi connectivity index (χ0) is 13.5. The number of hydrogen-bond donors (Lipinski definition) is 1. The lowest BCUT2D eigenvalue weighted by Crippen LogP contribution is -2.47. The first-order valence-electron chi connectivity index (χ1n) is 8.42. The van der Waals surface area contributed by atoms with Gasteiger partial charge in [0.1, 0.15) is 0 Å². The van der Waals surface area contributed by atoms with Gasteiger partial charge in [0.25, 0.3) is 0 Å². The van der Waals surface area contributed by atoms with Crippen molar-refractivity contribution in [2.24, 2.45) is 35.3 Å². The summed E-state index contributed by atoms with van der Waals surface area (Å²) in [5.41, 5.74) is 7.75. The smallest absolute Gasteiger partial charge is 0.0300 e. The van der Waals surface area contributed by atoms with Gasteiger partial charge in [-0.15, -0.1) is 0 Å². The SMILES string of the molecule is NC(Cc1cccnc1)CC1C2CC3CC(C2)CC1C3. The molecule has 0 spiro atoms. The molecule has 1 heterocycles. The van der Waals surface area contributed by atoms with Gasteiger partial charge in [-0.25, -0.2) is 0 Å². The Balaban J connectivity index is 1.39. The van der Waals surface area contributed by atoms with E-state index in [0.29, 0.717) is 6.04 Å². The number of nitrogens with zero attached hydrogens (tertiary/aromatic N) is 1. The molecule has 20 heavy (non-hydrogen) atoms. The Morgan fingerprint density at radius 3 is 2.40 bits per heavy atom. The van der Waals surface area contributed by atoms with E-state index in [-0.39, 0.29) is 0 Å². The Morgan fingerprint density at radius 2 is 1.80 bits per heavy atom. The highest BCUT2D eigenvalue weighted by Crippen LogP contribution is 2.57. The molecule has 1 aromatic heterocycles. The Kier molecular flexibility index (Phi) is 3.30. The Hall–Kier alpha value is -0.890. The molecule has 4 aliphatic carbocycles. The molecule has 4 aliphatic rings. The zero-order valence-electron chi connectivity index (χ0n) is 12.2. The van der Waals surface area contributed by atoms with Crippen molar-refractivity contribution in [3.05, 3.63) is 30.1 Å². The molecule has 0 radical (unpaired) electrons. The van der Waals surface area contributed by atoms with Crippen molar-refractivity contribution in [1.82, 2.24) is 4.98 Å². The van der Waals surface area contributed by atoms with Crippen molar-refractivity contribution in [1.29, 1.82) is 0 Å². The Bertz CT molecular complexity index is 428. The molecule has 2 nitrogen and oxygen atoms in total. The fourth-order valence-electron chi connectivity index (χ4n) is 5.68. The first-order chi connectivity index (χ1) is 9.78. The topological polar surface area (TPSA) is 38.9 Å². The van der Waals surface area contributed by atoms with E-state index in [1.165, 1.54) is 37.7 Å². The van der Waals surface area contributed by atoms with Crippen LogP contribution in [-0.4, -0.2) is 11.0 Å². The lowest BCUT2D eigenvalue weighted by Gasteiger charge is -2.55. The maximum absolute atomic E-state index is 6.46. The largest absolute Gasteiger partial charge is 0.327 e. The zero-order valence-corrected chi connectivity index (χ0v) is 12.2. The predicted molar refractivity (Wildman–Crippen MR) is 81.1 cm³/mol. The summed E-state index contributed by atoms with van der Waals surface area (Å²) in [7, 11) is 0. The second kappa shape index (κ2) is 5.14. The van der Waals surface area contributed by atoms with Crippen LogP contribution in [0.3, 0.4) is 0 Å². The summed E-state index contributed by atoms with van der Waals surface area (Å²) in [6.45, 7) is 0. The van der Waals surface area contributed by atoms with Crippen molar-refractivity contribution < 1.29 is 0 Å². The quantitative estimate of drug-likeness (QED) is 0.910. The van der Waals surface area contributed by atoms with E-state index < -0.39 is 0 Å². The Morgan fingerprint density at radius 1 is 1.10 bits per heavy atom. The van der Waals surface area contributed by atoms with Gasteiger partial charge in [0.05, 0.1) is 0 Å². The molecule has 5 rings (SSSR count). The van der Waals surface area contributed by atoms with Crippen LogP contribution < -0.4 is 5.73 Å². The molecule has 0 amide bonds. The number of pyridine rings is 1. The third-order valence-corrected chi connectivity index (χ3v) is 6.22.